The minimum atomic E-state index is -1.27. The molecule has 4 unspecified atom stereocenters. The second-order valence-corrected chi connectivity index (χ2v) is 10.4. The van der Waals surface area contributed by atoms with Crippen LogP contribution in [0.3, 0.4) is 0 Å². The van der Waals surface area contributed by atoms with Gasteiger partial charge in [0.2, 0.25) is 0 Å². The highest BCUT2D eigenvalue weighted by Gasteiger charge is 2.46. The maximum absolute atomic E-state index is 14.6. The molecule has 0 spiro atoms. The summed E-state index contributed by atoms with van der Waals surface area (Å²) in [5.74, 6) is -0.636. The number of carbonyl (C=O) groups is 1. The average molecular weight is 550 g/mol. The smallest absolute Gasteiger partial charge is 0.321 e. The number of hydrogen-bond donors (Lipinski definition) is 2. The van der Waals surface area contributed by atoms with Crippen molar-refractivity contribution < 1.29 is 19.4 Å². The second-order valence-electron chi connectivity index (χ2n) is 10.4. The van der Waals surface area contributed by atoms with Crippen LogP contribution in [0.15, 0.2) is 109 Å². The first-order valence-electron chi connectivity index (χ1n) is 13.7. The fraction of sp³-hybridized carbons (Fsp3) is 0.235. The number of halogens is 1. The molecule has 41 heavy (non-hydrogen) atoms. The molecule has 1 saturated heterocycles. The van der Waals surface area contributed by atoms with Gasteiger partial charge in [0.15, 0.2) is 0 Å². The van der Waals surface area contributed by atoms with Crippen LogP contribution in [0.1, 0.15) is 27.8 Å². The minimum absolute atomic E-state index is 0.0262. The predicted molar refractivity (Wildman–Crippen MR) is 154 cm³/mol. The van der Waals surface area contributed by atoms with E-state index in [-0.39, 0.29) is 24.7 Å². The predicted octanol–water partition coefficient (Wildman–Crippen LogP) is 5.08. The summed E-state index contributed by atoms with van der Waals surface area (Å²) < 4.78 is 14.1. The molecule has 4 aromatic carbocycles. The van der Waals surface area contributed by atoms with Crippen LogP contribution >= 0.6 is 0 Å². The summed E-state index contributed by atoms with van der Waals surface area (Å²) in [6.45, 7) is 0.251. The van der Waals surface area contributed by atoms with E-state index in [0.717, 1.165) is 16.7 Å². The largest absolute Gasteiger partial charge is 0.388 e. The van der Waals surface area contributed by atoms with Crippen LogP contribution in [0.4, 0.5) is 9.18 Å². The molecule has 208 valence electrons. The van der Waals surface area contributed by atoms with Gasteiger partial charge >= 0.3 is 6.03 Å². The number of carbonyl (C=O) groups excluding carboxylic acids is 1. The maximum atomic E-state index is 14.6. The molecule has 7 heteroatoms. The Kier molecular flexibility index (Phi) is 8.73. The molecule has 0 bridgehead atoms. The molecule has 2 N–H and O–H groups in total. The lowest BCUT2D eigenvalue weighted by atomic mass is 9.91. The monoisotopic (exact) mass is 549 g/mol. The SMILES string of the molecule is N#Cc1cc(CN2C(=O)N(Cc3ccccc3)C(Cc3ccccc3)C(O)C(O)C2Cc2ccccc2)ccc1F. The standard InChI is InChI=1S/C34H32FN3O3/c35-29-17-16-27(18-28(29)21-36)23-38-31(20-25-12-6-2-7-13-25)33(40)32(39)30(19-24-10-4-1-5-11-24)37(34(38)41)22-26-14-8-3-9-15-26/h1-18,30-33,39-40H,19-20,22-23H2. The summed E-state index contributed by atoms with van der Waals surface area (Å²) in [5.41, 5.74) is 3.15. The van der Waals surface area contributed by atoms with E-state index in [9.17, 15) is 24.7 Å². The van der Waals surface area contributed by atoms with Crippen molar-refractivity contribution in [3.8, 4) is 6.07 Å². The van der Waals surface area contributed by atoms with Gasteiger partial charge < -0.3 is 20.0 Å². The van der Waals surface area contributed by atoms with Gasteiger partial charge in [-0.1, -0.05) is 97.1 Å². The van der Waals surface area contributed by atoms with E-state index in [1.807, 2.05) is 97.1 Å². The van der Waals surface area contributed by atoms with Crippen LogP contribution in [0.25, 0.3) is 0 Å². The van der Waals surface area contributed by atoms with E-state index in [1.54, 1.807) is 15.9 Å². The molecule has 2 amide bonds. The molecule has 1 aliphatic heterocycles. The van der Waals surface area contributed by atoms with Crippen molar-refractivity contribution in [2.24, 2.45) is 0 Å². The number of hydrogen-bond acceptors (Lipinski definition) is 4. The highest BCUT2D eigenvalue weighted by Crippen LogP contribution is 2.30. The van der Waals surface area contributed by atoms with E-state index in [1.165, 1.54) is 12.1 Å². The zero-order valence-electron chi connectivity index (χ0n) is 22.6. The Balaban J connectivity index is 1.59. The van der Waals surface area contributed by atoms with Crippen LogP contribution < -0.4 is 0 Å². The van der Waals surface area contributed by atoms with Crippen LogP contribution in [-0.2, 0) is 25.9 Å². The minimum Gasteiger partial charge on any atom is -0.388 e. The molecule has 4 atom stereocenters. The molecular formula is C34H32FN3O3. The lowest BCUT2D eigenvalue weighted by Crippen LogP contribution is -2.50. The number of urea groups is 1. The summed E-state index contributed by atoms with van der Waals surface area (Å²) in [4.78, 5) is 17.8. The number of aliphatic hydroxyl groups excluding tert-OH is 2. The van der Waals surface area contributed by atoms with Crippen molar-refractivity contribution in [1.29, 1.82) is 5.26 Å². The molecule has 0 saturated carbocycles. The van der Waals surface area contributed by atoms with Crippen molar-refractivity contribution in [2.75, 3.05) is 0 Å². The molecule has 0 aliphatic carbocycles. The van der Waals surface area contributed by atoms with Gasteiger partial charge in [-0.15, -0.1) is 0 Å². The molecule has 0 radical (unpaired) electrons. The summed E-state index contributed by atoms with van der Waals surface area (Å²) >= 11 is 0. The third kappa shape index (κ3) is 6.46. The Morgan fingerprint density at radius 3 is 1.56 bits per heavy atom. The van der Waals surface area contributed by atoms with Gasteiger partial charge in [-0.25, -0.2) is 9.18 Å². The lowest BCUT2D eigenvalue weighted by molar-refractivity contribution is -0.0408. The Morgan fingerprint density at radius 1 is 0.659 bits per heavy atom. The van der Waals surface area contributed by atoms with Gasteiger partial charge in [0.1, 0.15) is 24.1 Å². The third-order valence-electron chi connectivity index (χ3n) is 7.71. The number of amides is 2. The number of nitriles is 1. The van der Waals surface area contributed by atoms with Gasteiger partial charge in [0, 0.05) is 13.1 Å². The van der Waals surface area contributed by atoms with Crippen molar-refractivity contribution in [1.82, 2.24) is 9.80 Å². The van der Waals surface area contributed by atoms with E-state index >= 15 is 0 Å². The van der Waals surface area contributed by atoms with E-state index in [2.05, 4.69) is 0 Å². The summed E-state index contributed by atoms with van der Waals surface area (Å²) in [6, 6.07) is 32.8. The average Bonchev–Trinajstić information content (AvgIpc) is 3.07. The quantitative estimate of drug-likeness (QED) is 0.321. The van der Waals surface area contributed by atoms with Crippen LogP contribution in [0, 0.1) is 17.1 Å². The maximum Gasteiger partial charge on any atom is 0.321 e. The van der Waals surface area contributed by atoms with Crippen LogP contribution in [0.5, 0.6) is 0 Å². The zero-order valence-corrected chi connectivity index (χ0v) is 22.6. The number of benzene rings is 4. The summed E-state index contributed by atoms with van der Waals surface area (Å²) in [6.07, 6.45) is -1.87. The first kappa shape index (κ1) is 28.0. The highest BCUT2D eigenvalue weighted by molar-refractivity contribution is 5.76. The fourth-order valence-corrected chi connectivity index (χ4v) is 5.55. The van der Waals surface area contributed by atoms with Gasteiger partial charge in [-0.05, 0) is 47.2 Å². The topological polar surface area (TPSA) is 87.8 Å². The number of rotatable bonds is 8. The first-order valence-corrected chi connectivity index (χ1v) is 13.7. The zero-order chi connectivity index (χ0) is 28.8. The first-order chi connectivity index (χ1) is 19.9. The number of nitrogens with zero attached hydrogens (tertiary/aromatic N) is 3. The number of aliphatic hydroxyl groups is 2. The molecular weight excluding hydrogens is 517 g/mol. The van der Waals surface area contributed by atoms with Crippen LogP contribution in [0.2, 0.25) is 0 Å². The molecule has 1 fully saturated rings. The highest BCUT2D eigenvalue weighted by atomic mass is 19.1. The summed E-state index contributed by atoms with van der Waals surface area (Å²) in [7, 11) is 0. The van der Waals surface area contributed by atoms with E-state index in [4.69, 9.17) is 0 Å². The lowest BCUT2D eigenvalue weighted by Gasteiger charge is -2.36. The van der Waals surface area contributed by atoms with Gasteiger partial charge in [-0.3, -0.25) is 0 Å². The molecule has 6 nitrogen and oxygen atoms in total. The van der Waals surface area contributed by atoms with E-state index in [0.29, 0.717) is 18.4 Å². The van der Waals surface area contributed by atoms with Gasteiger partial charge in [-0.2, -0.15) is 5.26 Å². The molecule has 4 aromatic rings. The van der Waals surface area contributed by atoms with Crippen LogP contribution in [-0.4, -0.2) is 50.3 Å². The molecule has 1 aliphatic rings. The molecule has 0 aromatic heterocycles. The third-order valence-corrected chi connectivity index (χ3v) is 7.71. The van der Waals surface area contributed by atoms with Gasteiger partial charge in [0.05, 0.1) is 17.6 Å². The normalized spacial score (nSPS) is 20.9. The van der Waals surface area contributed by atoms with Crippen molar-refractivity contribution in [3.63, 3.8) is 0 Å². The second kappa shape index (κ2) is 12.8. The Morgan fingerprint density at radius 2 is 1.10 bits per heavy atom. The Labute approximate surface area is 239 Å². The Hall–Kier alpha value is -4.51. The Bertz CT molecular complexity index is 1490. The van der Waals surface area contributed by atoms with Crippen molar-refractivity contribution >= 4 is 6.03 Å². The van der Waals surface area contributed by atoms with Crippen molar-refractivity contribution in [2.45, 2.75) is 50.2 Å². The van der Waals surface area contributed by atoms with E-state index < -0.39 is 30.1 Å². The molecule has 5 rings (SSSR count). The van der Waals surface area contributed by atoms with Gasteiger partial charge in [0.25, 0.3) is 0 Å². The summed E-state index contributed by atoms with van der Waals surface area (Å²) in [5, 5.41) is 32.9. The molecule has 1 heterocycles. The van der Waals surface area contributed by atoms with Crippen molar-refractivity contribution in [3.05, 3.63) is 143 Å². The fourth-order valence-electron chi connectivity index (χ4n) is 5.55.